The van der Waals surface area contributed by atoms with Crippen LogP contribution in [-0.2, 0) is 0 Å². The molecule has 0 saturated carbocycles. The first kappa shape index (κ1) is 17.7. The summed E-state index contributed by atoms with van der Waals surface area (Å²) in [6.07, 6.45) is 0. The molecule has 0 radical (unpaired) electrons. The van der Waals surface area contributed by atoms with E-state index in [-0.39, 0.29) is 11.7 Å². The van der Waals surface area contributed by atoms with Gasteiger partial charge in [0, 0.05) is 17.1 Å². The number of nitrogens with one attached hydrogen (secondary N) is 1. The lowest BCUT2D eigenvalue weighted by Gasteiger charge is -2.12. The minimum atomic E-state index is -0.291. The number of rotatable bonds is 4. The van der Waals surface area contributed by atoms with E-state index >= 15 is 0 Å². The summed E-state index contributed by atoms with van der Waals surface area (Å²) in [6, 6.07) is 13.7. The second-order valence-corrected chi connectivity index (χ2v) is 6.25. The molecule has 0 aliphatic rings. The molecule has 1 N–H and O–H groups in total. The molecule has 0 aliphatic heterocycles. The van der Waals surface area contributed by atoms with E-state index < -0.39 is 0 Å². The zero-order valence-electron chi connectivity index (χ0n) is 15.3. The predicted octanol–water partition coefficient (Wildman–Crippen LogP) is 4.80. The molecule has 4 nitrogen and oxygen atoms in total. The van der Waals surface area contributed by atoms with Gasteiger partial charge in [0.15, 0.2) is 0 Å². The molecule has 0 spiro atoms. The number of hydrogen-bond donors (Lipinski definition) is 1. The van der Waals surface area contributed by atoms with Gasteiger partial charge >= 0.3 is 0 Å². The summed E-state index contributed by atoms with van der Waals surface area (Å²) in [5.41, 5.74) is 4.72. The van der Waals surface area contributed by atoms with Gasteiger partial charge < -0.3 is 14.6 Å². The van der Waals surface area contributed by atoms with Gasteiger partial charge in [-0.1, -0.05) is 6.07 Å². The third-order valence-corrected chi connectivity index (χ3v) is 4.36. The Bertz CT molecular complexity index is 959. The smallest absolute Gasteiger partial charge is 0.257 e. The van der Waals surface area contributed by atoms with Crippen molar-refractivity contribution in [3.63, 3.8) is 0 Å². The van der Waals surface area contributed by atoms with Gasteiger partial charge in [-0.3, -0.25) is 4.79 Å². The minimum absolute atomic E-state index is 0.213. The number of aromatic nitrogens is 1. The third kappa shape index (κ3) is 3.33. The highest BCUT2D eigenvalue weighted by molar-refractivity contribution is 6.06. The maximum Gasteiger partial charge on any atom is 0.257 e. The van der Waals surface area contributed by atoms with E-state index in [1.54, 1.807) is 19.2 Å². The van der Waals surface area contributed by atoms with E-state index in [0.717, 1.165) is 22.6 Å². The van der Waals surface area contributed by atoms with Gasteiger partial charge in [0.05, 0.1) is 18.4 Å². The summed E-state index contributed by atoms with van der Waals surface area (Å²) >= 11 is 0. The predicted molar refractivity (Wildman–Crippen MR) is 101 cm³/mol. The molecule has 0 unspecified atom stereocenters. The summed E-state index contributed by atoms with van der Waals surface area (Å²) in [6.45, 7) is 5.74. The molecular formula is C21H21FN2O2. The molecule has 26 heavy (non-hydrogen) atoms. The first-order valence-corrected chi connectivity index (χ1v) is 8.31. The summed E-state index contributed by atoms with van der Waals surface area (Å²) < 4.78 is 20.5. The Labute approximate surface area is 152 Å². The number of anilines is 1. The molecule has 1 heterocycles. The molecule has 3 rings (SSSR count). The van der Waals surface area contributed by atoms with Crippen LogP contribution in [0.1, 0.15) is 27.3 Å². The van der Waals surface area contributed by atoms with Crippen LogP contribution in [-0.4, -0.2) is 17.6 Å². The number of methoxy groups -OCH3 is 1. The average molecular weight is 352 g/mol. The van der Waals surface area contributed by atoms with E-state index in [1.807, 2.05) is 49.6 Å². The molecule has 0 saturated heterocycles. The molecule has 0 bridgehead atoms. The molecule has 5 heteroatoms. The van der Waals surface area contributed by atoms with Crippen molar-refractivity contribution in [1.82, 2.24) is 4.57 Å². The van der Waals surface area contributed by atoms with Crippen molar-refractivity contribution in [3.8, 4) is 11.4 Å². The van der Waals surface area contributed by atoms with Gasteiger partial charge in [0.2, 0.25) is 0 Å². The summed E-state index contributed by atoms with van der Waals surface area (Å²) in [5.74, 6) is 0.104. The fourth-order valence-electron chi connectivity index (χ4n) is 3.09. The molecule has 134 valence electrons. The second kappa shape index (κ2) is 7.04. The quantitative estimate of drug-likeness (QED) is 0.733. The van der Waals surface area contributed by atoms with E-state index in [9.17, 15) is 9.18 Å². The number of carbonyl (C=O) groups is 1. The normalized spacial score (nSPS) is 10.7. The fourth-order valence-corrected chi connectivity index (χ4v) is 3.09. The Morgan fingerprint density at radius 3 is 2.38 bits per heavy atom. The van der Waals surface area contributed by atoms with Crippen LogP contribution in [0, 0.1) is 26.6 Å². The van der Waals surface area contributed by atoms with Crippen molar-refractivity contribution in [1.29, 1.82) is 0 Å². The molecule has 3 aromatic rings. The Kier molecular flexibility index (Phi) is 4.80. The zero-order valence-corrected chi connectivity index (χ0v) is 15.3. The monoisotopic (exact) mass is 352 g/mol. The number of ether oxygens (including phenoxy) is 1. The van der Waals surface area contributed by atoms with Gasteiger partial charge in [-0.05, 0) is 68.8 Å². The molecule has 0 atom stereocenters. The Morgan fingerprint density at radius 1 is 1.04 bits per heavy atom. The number of halogens is 1. The van der Waals surface area contributed by atoms with Crippen LogP contribution in [0.4, 0.5) is 10.1 Å². The fraction of sp³-hybridized carbons (Fsp3) is 0.190. The molecule has 2 aromatic carbocycles. The number of amides is 1. The number of nitrogens with zero attached hydrogens (tertiary/aromatic N) is 1. The van der Waals surface area contributed by atoms with Crippen LogP contribution < -0.4 is 10.1 Å². The van der Waals surface area contributed by atoms with Crippen LogP contribution in [0.15, 0.2) is 48.5 Å². The highest BCUT2D eigenvalue weighted by Gasteiger charge is 2.18. The lowest BCUT2D eigenvalue weighted by atomic mass is 10.2. The van der Waals surface area contributed by atoms with Crippen molar-refractivity contribution >= 4 is 11.6 Å². The van der Waals surface area contributed by atoms with Crippen LogP contribution >= 0.6 is 0 Å². The molecule has 0 aliphatic carbocycles. The highest BCUT2D eigenvalue weighted by atomic mass is 19.1. The zero-order chi connectivity index (χ0) is 18.8. The Balaban J connectivity index is 1.95. The number of benzene rings is 2. The molecule has 0 fully saturated rings. The highest BCUT2D eigenvalue weighted by Crippen LogP contribution is 2.27. The summed E-state index contributed by atoms with van der Waals surface area (Å²) in [7, 11) is 1.57. The average Bonchev–Trinajstić information content (AvgIpc) is 2.91. The van der Waals surface area contributed by atoms with E-state index in [2.05, 4.69) is 5.32 Å². The van der Waals surface area contributed by atoms with Crippen molar-refractivity contribution in [2.75, 3.05) is 12.4 Å². The standard InChI is InChI=1S/C21H21FN2O2/c1-13-5-10-20(26-4)19(11-13)23-21(25)18-12-14(2)24(15(18)3)17-8-6-16(22)7-9-17/h5-12H,1-4H3,(H,23,25). The summed E-state index contributed by atoms with van der Waals surface area (Å²) in [4.78, 5) is 12.8. The topological polar surface area (TPSA) is 43.3 Å². The maximum atomic E-state index is 13.2. The van der Waals surface area contributed by atoms with Crippen LogP contribution in [0.3, 0.4) is 0 Å². The van der Waals surface area contributed by atoms with E-state index in [0.29, 0.717) is 17.0 Å². The maximum absolute atomic E-state index is 13.2. The molecule has 1 aromatic heterocycles. The van der Waals surface area contributed by atoms with Gasteiger partial charge in [-0.2, -0.15) is 0 Å². The van der Waals surface area contributed by atoms with Crippen molar-refractivity contribution < 1.29 is 13.9 Å². The van der Waals surface area contributed by atoms with Crippen molar-refractivity contribution in [3.05, 3.63) is 76.9 Å². The van der Waals surface area contributed by atoms with Crippen LogP contribution in [0.25, 0.3) is 5.69 Å². The largest absolute Gasteiger partial charge is 0.495 e. The Morgan fingerprint density at radius 2 is 1.73 bits per heavy atom. The number of aryl methyl sites for hydroxylation is 2. The third-order valence-electron chi connectivity index (χ3n) is 4.36. The molecule has 1 amide bonds. The number of hydrogen-bond acceptors (Lipinski definition) is 2. The first-order chi connectivity index (χ1) is 12.4. The van der Waals surface area contributed by atoms with Crippen molar-refractivity contribution in [2.24, 2.45) is 0 Å². The van der Waals surface area contributed by atoms with Gasteiger partial charge in [-0.25, -0.2) is 4.39 Å². The summed E-state index contributed by atoms with van der Waals surface area (Å²) in [5, 5.41) is 2.92. The van der Waals surface area contributed by atoms with Crippen molar-refractivity contribution in [2.45, 2.75) is 20.8 Å². The van der Waals surface area contributed by atoms with E-state index in [1.165, 1.54) is 12.1 Å². The van der Waals surface area contributed by atoms with Crippen LogP contribution in [0.5, 0.6) is 5.75 Å². The minimum Gasteiger partial charge on any atom is -0.495 e. The second-order valence-electron chi connectivity index (χ2n) is 6.25. The number of carbonyl (C=O) groups excluding carboxylic acids is 1. The Hall–Kier alpha value is -3.08. The lowest BCUT2D eigenvalue weighted by Crippen LogP contribution is -2.14. The van der Waals surface area contributed by atoms with E-state index in [4.69, 9.17) is 4.74 Å². The van der Waals surface area contributed by atoms with Gasteiger partial charge in [-0.15, -0.1) is 0 Å². The SMILES string of the molecule is COc1ccc(C)cc1NC(=O)c1cc(C)n(-c2ccc(F)cc2)c1C. The first-order valence-electron chi connectivity index (χ1n) is 8.31. The van der Waals surface area contributed by atoms with Crippen LogP contribution in [0.2, 0.25) is 0 Å². The van der Waals surface area contributed by atoms with Gasteiger partial charge in [0.1, 0.15) is 11.6 Å². The van der Waals surface area contributed by atoms with Gasteiger partial charge in [0.25, 0.3) is 5.91 Å². The lowest BCUT2D eigenvalue weighted by molar-refractivity contribution is 0.102. The molecular weight excluding hydrogens is 331 g/mol.